The van der Waals surface area contributed by atoms with E-state index in [2.05, 4.69) is 36.5 Å². The molecule has 0 aliphatic heterocycles. The largest absolute Gasteiger partial charge is 0.322 e. The van der Waals surface area contributed by atoms with Crippen molar-refractivity contribution in [2.75, 3.05) is 5.32 Å². The summed E-state index contributed by atoms with van der Waals surface area (Å²) in [6.45, 7) is 2.07. The molecule has 0 saturated carbocycles. The maximum absolute atomic E-state index is 13.2. The predicted octanol–water partition coefficient (Wildman–Crippen LogP) is 6.33. The van der Waals surface area contributed by atoms with E-state index in [4.69, 9.17) is 11.6 Å². The van der Waals surface area contributed by atoms with E-state index in [0.717, 1.165) is 11.3 Å². The topological polar surface area (TPSA) is 29.1 Å². The molecule has 132 valence electrons. The molecular weight excluding hydrogens is 369 g/mol. The molecule has 0 radical (unpaired) electrons. The fourth-order valence-corrected chi connectivity index (χ4v) is 3.37. The minimum atomic E-state index is -0.514. The summed E-state index contributed by atoms with van der Waals surface area (Å²) in [5.41, 5.74) is 3.37. The van der Waals surface area contributed by atoms with E-state index in [0.29, 0.717) is 11.3 Å². The van der Waals surface area contributed by atoms with Crippen LogP contribution in [0.25, 0.3) is 0 Å². The summed E-state index contributed by atoms with van der Waals surface area (Å²) < 4.78 is 13.2. The number of benzene rings is 3. The Bertz CT molecular complexity index is 910. The lowest BCUT2D eigenvalue weighted by Crippen LogP contribution is -2.11. The summed E-state index contributed by atoms with van der Waals surface area (Å²) in [7, 11) is 0. The summed E-state index contributed by atoms with van der Waals surface area (Å²) in [5.74, 6) is 0.0592. The first-order valence-electron chi connectivity index (χ1n) is 8.06. The van der Waals surface area contributed by atoms with Crippen LogP contribution < -0.4 is 5.32 Å². The van der Waals surface area contributed by atoms with Gasteiger partial charge in [-0.25, -0.2) is 4.39 Å². The van der Waals surface area contributed by atoms with Gasteiger partial charge in [-0.3, -0.25) is 4.79 Å². The zero-order valence-electron chi connectivity index (χ0n) is 14.1. The number of thioether (sulfide) groups is 1. The molecule has 0 atom stereocenters. The highest BCUT2D eigenvalue weighted by atomic mass is 35.5. The second-order valence-electron chi connectivity index (χ2n) is 5.88. The lowest BCUT2D eigenvalue weighted by molar-refractivity contribution is 0.102. The fraction of sp³-hybridized carbons (Fsp3) is 0.0952. The Labute approximate surface area is 161 Å². The first kappa shape index (κ1) is 18.5. The minimum Gasteiger partial charge on any atom is -0.322 e. The van der Waals surface area contributed by atoms with Gasteiger partial charge in [0.15, 0.2) is 0 Å². The summed E-state index contributed by atoms with van der Waals surface area (Å²) in [4.78, 5) is 13.5. The number of carbonyl (C=O) groups excluding carboxylic acids is 1. The van der Waals surface area contributed by atoms with Crippen molar-refractivity contribution in [3.63, 3.8) is 0 Å². The maximum Gasteiger partial charge on any atom is 0.255 e. The highest BCUT2D eigenvalue weighted by Gasteiger charge is 2.08. The van der Waals surface area contributed by atoms with Crippen LogP contribution >= 0.6 is 23.4 Å². The van der Waals surface area contributed by atoms with Gasteiger partial charge in [-0.05, 0) is 55.0 Å². The Balaban J connectivity index is 1.60. The Kier molecular flexibility index (Phi) is 5.96. The summed E-state index contributed by atoms with van der Waals surface area (Å²) in [6.07, 6.45) is 0. The Morgan fingerprint density at radius 2 is 1.73 bits per heavy atom. The Morgan fingerprint density at radius 1 is 1.04 bits per heavy atom. The van der Waals surface area contributed by atoms with Crippen molar-refractivity contribution in [1.82, 2.24) is 0 Å². The van der Waals surface area contributed by atoms with Gasteiger partial charge in [-0.2, -0.15) is 0 Å². The summed E-state index contributed by atoms with van der Waals surface area (Å²) >= 11 is 7.48. The molecule has 0 spiro atoms. The molecule has 0 aliphatic rings. The molecule has 3 rings (SSSR count). The number of hydrogen-bond acceptors (Lipinski definition) is 2. The normalized spacial score (nSPS) is 10.6. The molecule has 5 heteroatoms. The molecule has 1 amide bonds. The monoisotopic (exact) mass is 385 g/mol. The summed E-state index contributed by atoms with van der Waals surface area (Å²) in [5, 5.41) is 2.69. The zero-order chi connectivity index (χ0) is 18.5. The van der Waals surface area contributed by atoms with E-state index in [9.17, 15) is 9.18 Å². The third kappa shape index (κ3) is 4.87. The predicted molar refractivity (Wildman–Crippen MR) is 107 cm³/mol. The number of carbonyl (C=O) groups is 1. The first-order chi connectivity index (χ1) is 12.5. The van der Waals surface area contributed by atoms with Gasteiger partial charge in [0.1, 0.15) is 5.82 Å². The number of halogens is 2. The molecule has 3 aromatic carbocycles. The van der Waals surface area contributed by atoms with Crippen molar-refractivity contribution >= 4 is 35.0 Å². The number of aryl methyl sites for hydroxylation is 1. The molecule has 26 heavy (non-hydrogen) atoms. The number of amides is 1. The van der Waals surface area contributed by atoms with Gasteiger partial charge < -0.3 is 5.32 Å². The van der Waals surface area contributed by atoms with Crippen molar-refractivity contribution in [3.05, 3.63) is 94.3 Å². The second-order valence-corrected chi connectivity index (χ2v) is 7.34. The van der Waals surface area contributed by atoms with Gasteiger partial charge in [0.2, 0.25) is 0 Å². The van der Waals surface area contributed by atoms with Crippen LogP contribution in [0.4, 0.5) is 10.1 Å². The Hall–Kier alpha value is -2.30. The minimum absolute atomic E-state index is 0.0220. The fourth-order valence-electron chi connectivity index (χ4n) is 2.33. The molecule has 3 aromatic rings. The van der Waals surface area contributed by atoms with E-state index in [1.54, 1.807) is 23.9 Å². The van der Waals surface area contributed by atoms with Gasteiger partial charge >= 0.3 is 0 Å². The van der Waals surface area contributed by atoms with Crippen LogP contribution in [0.15, 0.2) is 71.6 Å². The number of anilines is 1. The molecule has 0 fully saturated rings. The number of rotatable bonds is 5. The van der Waals surface area contributed by atoms with Crippen molar-refractivity contribution in [1.29, 1.82) is 0 Å². The highest BCUT2D eigenvalue weighted by Crippen LogP contribution is 2.24. The van der Waals surface area contributed by atoms with Crippen molar-refractivity contribution in [2.45, 2.75) is 17.6 Å². The smallest absolute Gasteiger partial charge is 0.255 e. The van der Waals surface area contributed by atoms with Crippen molar-refractivity contribution in [3.8, 4) is 0 Å². The van der Waals surface area contributed by atoms with Gasteiger partial charge in [0.05, 0.1) is 5.02 Å². The molecule has 0 unspecified atom stereocenters. The maximum atomic E-state index is 13.2. The third-order valence-electron chi connectivity index (χ3n) is 3.82. The van der Waals surface area contributed by atoms with Gasteiger partial charge in [-0.1, -0.05) is 41.4 Å². The standard InChI is InChI=1S/C21H17ClFNOS/c1-14-2-9-18(10-3-14)26-13-15-4-6-16(7-5-15)21(25)24-17-8-11-20(23)19(22)12-17/h2-12H,13H2,1H3,(H,24,25). The average Bonchev–Trinajstić information content (AvgIpc) is 2.65. The van der Waals surface area contributed by atoms with Crippen LogP contribution in [-0.4, -0.2) is 5.91 Å². The first-order valence-corrected chi connectivity index (χ1v) is 9.42. The number of hydrogen-bond donors (Lipinski definition) is 1. The average molecular weight is 386 g/mol. The molecule has 0 heterocycles. The van der Waals surface area contributed by atoms with Crippen molar-refractivity contribution in [2.24, 2.45) is 0 Å². The van der Waals surface area contributed by atoms with Crippen molar-refractivity contribution < 1.29 is 9.18 Å². The second kappa shape index (κ2) is 8.39. The van der Waals surface area contributed by atoms with Crippen LogP contribution in [-0.2, 0) is 5.75 Å². The van der Waals surface area contributed by atoms with Crippen LogP contribution in [0.2, 0.25) is 5.02 Å². The van der Waals surface area contributed by atoms with Crippen LogP contribution in [0.5, 0.6) is 0 Å². The molecule has 0 aliphatic carbocycles. The lowest BCUT2D eigenvalue weighted by atomic mass is 10.1. The van der Waals surface area contributed by atoms with E-state index < -0.39 is 5.82 Å². The Morgan fingerprint density at radius 3 is 2.38 bits per heavy atom. The molecule has 2 nitrogen and oxygen atoms in total. The summed E-state index contributed by atoms with van der Waals surface area (Å²) in [6, 6.07) is 19.9. The quantitative estimate of drug-likeness (QED) is 0.520. The molecule has 0 saturated heterocycles. The van der Waals surface area contributed by atoms with Gasteiger partial charge in [0.25, 0.3) is 5.91 Å². The third-order valence-corrected chi connectivity index (χ3v) is 5.19. The van der Waals surface area contributed by atoms with E-state index >= 15 is 0 Å². The molecular formula is C21H17ClFNOS. The van der Waals surface area contributed by atoms with Crippen LogP contribution in [0.1, 0.15) is 21.5 Å². The lowest BCUT2D eigenvalue weighted by Gasteiger charge is -2.07. The van der Waals surface area contributed by atoms with E-state index in [-0.39, 0.29) is 10.9 Å². The molecule has 0 bridgehead atoms. The van der Waals surface area contributed by atoms with Crippen LogP contribution in [0.3, 0.4) is 0 Å². The van der Waals surface area contributed by atoms with E-state index in [1.807, 2.05) is 12.1 Å². The SMILES string of the molecule is Cc1ccc(SCc2ccc(C(=O)Nc3ccc(F)c(Cl)c3)cc2)cc1. The molecule has 0 aromatic heterocycles. The van der Waals surface area contributed by atoms with Crippen LogP contribution in [0, 0.1) is 12.7 Å². The number of nitrogens with one attached hydrogen (secondary N) is 1. The van der Waals surface area contributed by atoms with Gasteiger partial charge in [-0.15, -0.1) is 11.8 Å². The molecule has 1 N–H and O–H groups in total. The van der Waals surface area contributed by atoms with E-state index in [1.165, 1.54) is 28.7 Å². The zero-order valence-corrected chi connectivity index (χ0v) is 15.7. The van der Waals surface area contributed by atoms with Gasteiger partial charge in [0, 0.05) is 21.9 Å². The highest BCUT2D eigenvalue weighted by molar-refractivity contribution is 7.98.